The van der Waals surface area contributed by atoms with Crippen LogP contribution >= 0.6 is 0 Å². The van der Waals surface area contributed by atoms with E-state index in [-0.39, 0.29) is 18.5 Å². The monoisotopic (exact) mass is 246 g/mol. The molecule has 2 rings (SSSR count). The van der Waals surface area contributed by atoms with Gasteiger partial charge in [-0.15, -0.1) is 0 Å². The van der Waals surface area contributed by atoms with Crippen molar-refractivity contribution >= 4 is 5.91 Å². The molecule has 2 saturated heterocycles. The SMILES string of the molecule is CC(F)(F)[C@H]1CCCN(C(=O)[C@@H]2CCCN2)C1. The van der Waals surface area contributed by atoms with Crippen molar-refractivity contribution in [3.05, 3.63) is 0 Å². The Morgan fingerprint density at radius 3 is 2.71 bits per heavy atom. The van der Waals surface area contributed by atoms with Crippen molar-refractivity contribution in [1.29, 1.82) is 0 Å². The maximum absolute atomic E-state index is 13.3. The molecule has 1 amide bonds. The number of piperidine rings is 1. The lowest BCUT2D eigenvalue weighted by Crippen LogP contribution is -2.50. The topological polar surface area (TPSA) is 32.3 Å². The Bertz CT molecular complexity index is 285. The molecule has 2 aliphatic rings. The van der Waals surface area contributed by atoms with Crippen LogP contribution in [-0.4, -0.2) is 42.4 Å². The molecule has 3 nitrogen and oxygen atoms in total. The second kappa shape index (κ2) is 4.88. The molecule has 1 N–H and O–H groups in total. The first-order valence-corrected chi connectivity index (χ1v) is 6.38. The zero-order valence-electron chi connectivity index (χ0n) is 10.2. The van der Waals surface area contributed by atoms with Crippen molar-refractivity contribution in [2.24, 2.45) is 5.92 Å². The molecule has 98 valence electrons. The molecule has 0 bridgehead atoms. The molecule has 17 heavy (non-hydrogen) atoms. The van der Waals surface area contributed by atoms with Crippen LogP contribution in [0.3, 0.4) is 0 Å². The van der Waals surface area contributed by atoms with Crippen LogP contribution in [0, 0.1) is 5.92 Å². The quantitative estimate of drug-likeness (QED) is 0.803. The number of rotatable bonds is 2. The highest BCUT2D eigenvalue weighted by Gasteiger charge is 2.39. The molecule has 0 aromatic heterocycles. The van der Waals surface area contributed by atoms with Crippen LogP contribution in [0.5, 0.6) is 0 Å². The second-order valence-corrected chi connectivity index (χ2v) is 5.23. The zero-order valence-corrected chi connectivity index (χ0v) is 10.2. The van der Waals surface area contributed by atoms with Crippen LogP contribution in [0.4, 0.5) is 8.78 Å². The van der Waals surface area contributed by atoms with E-state index in [0.717, 1.165) is 26.3 Å². The van der Waals surface area contributed by atoms with E-state index in [4.69, 9.17) is 0 Å². The van der Waals surface area contributed by atoms with Gasteiger partial charge in [0.15, 0.2) is 0 Å². The lowest BCUT2D eigenvalue weighted by Gasteiger charge is -2.36. The molecule has 0 aromatic rings. The fourth-order valence-electron chi connectivity index (χ4n) is 2.71. The molecule has 0 spiro atoms. The number of carbonyl (C=O) groups excluding carboxylic acids is 1. The van der Waals surface area contributed by atoms with E-state index in [2.05, 4.69) is 5.32 Å². The van der Waals surface area contributed by atoms with E-state index in [1.165, 1.54) is 0 Å². The van der Waals surface area contributed by atoms with Crippen LogP contribution in [-0.2, 0) is 4.79 Å². The highest BCUT2D eigenvalue weighted by Crippen LogP contribution is 2.31. The van der Waals surface area contributed by atoms with E-state index < -0.39 is 11.8 Å². The summed E-state index contributed by atoms with van der Waals surface area (Å²) in [6.45, 7) is 2.65. The van der Waals surface area contributed by atoms with E-state index in [9.17, 15) is 13.6 Å². The summed E-state index contributed by atoms with van der Waals surface area (Å²) in [5.74, 6) is -3.35. The number of amides is 1. The maximum atomic E-state index is 13.3. The van der Waals surface area contributed by atoms with Crippen LogP contribution < -0.4 is 5.32 Å². The minimum absolute atomic E-state index is 0.0106. The first kappa shape index (κ1) is 12.7. The third-order valence-electron chi connectivity index (χ3n) is 3.81. The Balaban J connectivity index is 1.94. The van der Waals surface area contributed by atoms with Gasteiger partial charge in [0.2, 0.25) is 11.8 Å². The van der Waals surface area contributed by atoms with Crippen LogP contribution in [0.1, 0.15) is 32.6 Å². The third-order valence-corrected chi connectivity index (χ3v) is 3.81. The number of nitrogens with zero attached hydrogens (tertiary/aromatic N) is 1. The van der Waals surface area contributed by atoms with Gasteiger partial charge >= 0.3 is 0 Å². The van der Waals surface area contributed by atoms with Crippen molar-refractivity contribution in [1.82, 2.24) is 10.2 Å². The Kier molecular flexibility index (Phi) is 3.66. The van der Waals surface area contributed by atoms with Gasteiger partial charge in [0.1, 0.15) is 0 Å². The van der Waals surface area contributed by atoms with E-state index in [0.29, 0.717) is 19.4 Å². The molecular weight excluding hydrogens is 226 g/mol. The number of hydrogen-bond donors (Lipinski definition) is 1. The molecule has 0 radical (unpaired) electrons. The summed E-state index contributed by atoms with van der Waals surface area (Å²) in [6, 6.07) is -0.140. The predicted molar refractivity (Wildman–Crippen MR) is 60.9 cm³/mol. The van der Waals surface area contributed by atoms with Gasteiger partial charge < -0.3 is 10.2 Å². The van der Waals surface area contributed by atoms with Crippen molar-refractivity contribution in [2.45, 2.75) is 44.6 Å². The largest absolute Gasteiger partial charge is 0.341 e. The molecular formula is C12H20F2N2O. The predicted octanol–water partition coefficient (Wildman–Crippen LogP) is 1.63. The molecule has 0 aromatic carbocycles. The number of hydrogen-bond acceptors (Lipinski definition) is 2. The summed E-state index contributed by atoms with van der Waals surface area (Å²) in [7, 11) is 0. The van der Waals surface area contributed by atoms with Crippen molar-refractivity contribution < 1.29 is 13.6 Å². The van der Waals surface area contributed by atoms with Crippen molar-refractivity contribution in [2.75, 3.05) is 19.6 Å². The summed E-state index contributed by atoms with van der Waals surface area (Å²) in [4.78, 5) is 13.7. The van der Waals surface area contributed by atoms with E-state index >= 15 is 0 Å². The minimum Gasteiger partial charge on any atom is -0.341 e. The lowest BCUT2D eigenvalue weighted by atomic mass is 9.92. The normalized spacial score (nSPS) is 30.6. The first-order valence-electron chi connectivity index (χ1n) is 6.38. The zero-order chi connectivity index (χ0) is 12.5. The van der Waals surface area contributed by atoms with Gasteiger partial charge in [-0.2, -0.15) is 0 Å². The number of carbonyl (C=O) groups is 1. The average molecular weight is 246 g/mol. The molecule has 0 unspecified atom stereocenters. The third kappa shape index (κ3) is 2.94. The molecule has 5 heteroatoms. The van der Waals surface area contributed by atoms with Crippen LogP contribution in [0.25, 0.3) is 0 Å². The molecule has 2 heterocycles. The number of likely N-dealkylation sites (tertiary alicyclic amines) is 1. The molecule has 2 fully saturated rings. The van der Waals surface area contributed by atoms with Gasteiger partial charge in [-0.3, -0.25) is 4.79 Å². The Labute approximate surface area is 101 Å². The highest BCUT2D eigenvalue weighted by molar-refractivity contribution is 5.82. The van der Waals surface area contributed by atoms with E-state index in [1.807, 2.05) is 0 Å². The summed E-state index contributed by atoms with van der Waals surface area (Å²) < 4.78 is 26.5. The molecule has 0 saturated carbocycles. The van der Waals surface area contributed by atoms with Crippen LogP contribution in [0.2, 0.25) is 0 Å². The highest BCUT2D eigenvalue weighted by atomic mass is 19.3. The Morgan fingerprint density at radius 1 is 1.35 bits per heavy atom. The first-order chi connectivity index (χ1) is 7.98. The Morgan fingerprint density at radius 2 is 2.12 bits per heavy atom. The van der Waals surface area contributed by atoms with Crippen molar-refractivity contribution in [3.8, 4) is 0 Å². The fraction of sp³-hybridized carbons (Fsp3) is 0.917. The standard InChI is InChI=1S/C12H20F2N2O/c1-12(13,14)9-4-3-7-16(8-9)11(17)10-5-2-6-15-10/h9-10,15H,2-8H2,1H3/t9-,10-/m0/s1. The van der Waals surface area contributed by atoms with E-state index in [1.54, 1.807) is 4.90 Å². The summed E-state index contributed by atoms with van der Waals surface area (Å²) in [5.41, 5.74) is 0. The van der Waals surface area contributed by atoms with Crippen LogP contribution in [0.15, 0.2) is 0 Å². The second-order valence-electron chi connectivity index (χ2n) is 5.23. The van der Waals surface area contributed by atoms with Gasteiger partial charge in [0, 0.05) is 19.0 Å². The lowest BCUT2D eigenvalue weighted by molar-refractivity contribution is -0.138. The fourth-order valence-corrected chi connectivity index (χ4v) is 2.71. The van der Waals surface area contributed by atoms with Gasteiger partial charge in [-0.25, -0.2) is 8.78 Å². The summed E-state index contributed by atoms with van der Waals surface area (Å²) in [5, 5.41) is 3.13. The van der Waals surface area contributed by atoms with Gasteiger partial charge in [0.05, 0.1) is 6.04 Å². The molecule has 2 atom stereocenters. The number of alkyl halides is 2. The number of nitrogens with one attached hydrogen (secondary N) is 1. The average Bonchev–Trinajstić information content (AvgIpc) is 2.80. The molecule has 0 aliphatic carbocycles. The van der Waals surface area contributed by atoms with Crippen molar-refractivity contribution in [3.63, 3.8) is 0 Å². The molecule has 2 aliphatic heterocycles. The minimum atomic E-state index is -2.68. The smallest absolute Gasteiger partial charge is 0.249 e. The summed E-state index contributed by atoms with van der Waals surface area (Å²) in [6.07, 6.45) is 3.04. The van der Waals surface area contributed by atoms with Gasteiger partial charge in [-0.1, -0.05) is 0 Å². The van der Waals surface area contributed by atoms with Gasteiger partial charge in [-0.05, 0) is 39.2 Å². The van der Waals surface area contributed by atoms with Gasteiger partial charge in [0.25, 0.3) is 0 Å². The maximum Gasteiger partial charge on any atom is 0.249 e. The summed E-state index contributed by atoms with van der Waals surface area (Å²) >= 11 is 0. The Hall–Kier alpha value is -0.710. The number of halogens is 2.